The Kier molecular flexibility index (Phi) is 8.28. The van der Waals surface area contributed by atoms with Crippen LogP contribution in [0.15, 0.2) is 78.9 Å². The Morgan fingerprint density at radius 3 is 1.60 bits per heavy atom. The fourth-order valence-corrected chi connectivity index (χ4v) is 9.33. The second-order valence-electron chi connectivity index (χ2n) is 15.2. The number of piperazine rings is 1. The number of nitrogens with one attached hydrogen (secondary N) is 4. The largest absolute Gasteiger partial charge is 0.368 e. The fourth-order valence-electron chi connectivity index (χ4n) is 9.33. The van der Waals surface area contributed by atoms with Gasteiger partial charge in [-0.3, -0.25) is 0 Å². The lowest BCUT2D eigenvalue weighted by molar-refractivity contribution is 0.553. The van der Waals surface area contributed by atoms with E-state index in [1.807, 2.05) is 23.1 Å². The molecular weight excluding hydrogens is 669 g/mol. The van der Waals surface area contributed by atoms with Gasteiger partial charge in [-0.2, -0.15) is 0 Å². The molecule has 4 fully saturated rings. The number of halogens is 2. The van der Waals surface area contributed by atoms with Gasteiger partial charge in [-0.1, -0.05) is 30.3 Å². The summed E-state index contributed by atoms with van der Waals surface area (Å²) < 4.78 is 32.8. The van der Waals surface area contributed by atoms with Crippen molar-refractivity contribution in [2.45, 2.75) is 62.7 Å². The molecule has 4 aliphatic rings. The zero-order chi connectivity index (χ0) is 35.5. The predicted molar refractivity (Wildman–Crippen MR) is 207 cm³/mol. The van der Waals surface area contributed by atoms with Crippen LogP contribution < -0.4 is 25.3 Å². The molecule has 4 aromatic carbocycles. The Hall–Kier alpha value is -5.00. The summed E-state index contributed by atoms with van der Waals surface area (Å²) in [5, 5.41) is 7.09. The van der Waals surface area contributed by atoms with E-state index in [1.165, 1.54) is 0 Å². The van der Waals surface area contributed by atoms with Gasteiger partial charge in [0.1, 0.15) is 17.3 Å². The molecule has 53 heavy (non-hydrogen) atoms. The van der Waals surface area contributed by atoms with Crippen LogP contribution in [0.5, 0.6) is 0 Å². The van der Waals surface area contributed by atoms with Crippen molar-refractivity contribution in [2.24, 2.45) is 0 Å². The fraction of sp³-hybridized carbons (Fsp3) is 0.381. The van der Waals surface area contributed by atoms with E-state index >= 15 is 8.78 Å². The van der Waals surface area contributed by atoms with Crippen molar-refractivity contribution in [3.8, 4) is 0 Å². The molecule has 0 amide bonds. The van der Waals surface area contributed by atoms with E-state index in [9.17, 15) is 0 Å². The Balaban J connectivity index is 0.994. The topological polar surface area (TPSA) is 91.1 Å². The van der Waals surface area contributed by atoms with Crippen LogP contribution in [0, 0.1) is 11.6 Å². The van der Waals surface area contributed by atoms with Crippen LogP contribution in [0.25, 0.3) is 22.1 Å². The molecule has 0 saturated carbocycles. The number of imidazole rings is 2. The highest BCUT2D eigenvalue weighted by Gasteiger charge is 2.37. The quantitative estimate of drug-likeness (QED) is 0.133. The average Bonchev–Trinajstić information content (AvgIpc) is 4.03. The minimum atomic E-state index is -0.520. The summed E-state index contributed by atoms with van der Waals surface area (Å²) >= 11 is 0. The maximum absolute atomic E-state index is 16.4. The van der Waals surface area contributed by atoms with Crippen molar-refractivity contribution in [3.63, 3.8) is 0 Å². The van der Waals surface area contributed by atoms with Gasteiger partial charge in [0.25, 0.3) is 0 Å². The van der Waals surface area contributed by atoms with E-state index in [2.05, 4.69) is 78.9 Å². The van der Waals surface area contributed by atoms with E-state index < -0.39 is 11.6 Å². The molecule has 4 N–H and O–H groups in total. The van der Waals surface area contributed by atoms with Crippen molar-refractivity contribution in [2.75, 3.05) is 54.0 Å². The first-order valence-electron chi connectivity index (χ1n) is 19.3. The van der Waals surface area contributed by atoms with Gasteiger partial charge < -0.3 is 35.3 Å². The minimum absolute atomic E-state index is 0.0626. The molecule has 4 saturated heterocycles. The summed E-state index contributed by atoms with van der Waals surface area (Å²) in [7, 11) is 0. The summed E-state index contributed by atoms with van der Waals surface area (Å²) in [6, 6.07) is 26.5. The Morgan fingerprint density at radius 2 is 1.09 bits per heavy atom. The predicted octanol–water partition coefficient (Wildman–Crippen LogP) is 7.98. The van der Waals surface area contributed by atoms with Crippen LogP contribution in [0.2, 0.25) is 0 Å². The van der Waals surface area contributed by atoms with Gasteiger partial charge in [0, 0.05) is 37.6 Å². The lowest BCUT2D eigenvalue weighted by Gasteiger charge is -2.38. The van der Waals surface area contributed by atoms with E-state index in [0.717, 1.165) is 102 Å². The average molecular weight is 714 g/mol. The Morgan fingerprint density at radius 1 is 0.566 bits per heavy atom. The maximum Gasteiger partial charge on any atom is 0.151 e. The van der Waals surface area contributed by atoms with Crippen molar-refractivity contribution < 1.29 is 8.78 Å². The number of rotatable bonds is 7. The van der Waals surface area contributed by atoms with Gasteiger partial charge in [-0.05, 0) is 111 Å². The first-order valence-corrected chi connectivity index (χ1v) is 19.3. The summed E-state index contributed by atoms with van der Waals surface area (Å²) in [6.45, 7) is 4.49. The molecule has 0 aliphatic carbocycles. The van der Waals surface area contributed by atoms with Crippen LogP contribution in [0.3, 0.4) is 0 Å². The van der Waals surface area contributed by atoms with Gasteiger partial charge in [0.15, 0.2) is 11.6 Å². The number of nitrogens with zero attached hydrogens (tertiary/aromatic N) is 5. The van der Waals surface area contributed by atoms with E-state index in [1.54, 1.807) is 12.1 Å². The molecule has 0 bridgehead atoms. The molecule has 11 heteroatoms. The summed E-state index contributed by atoms with van der Waals surface area (Å²) in [4.78, 5) is 23.4. The third-order valence-corrected chi connectivity index (χ3v) is 12.0. The number of anilines is 3. The van der Waals surface area contributed by atoms with E-state index in [4.69, 9.17) is 9.97 Å². The molecule has 10 rings (SSSR count). The van der Waals surface area contributed by atoms with Gasteiger partial charge in [0.2, 0.25) is 0 Å². The highest BCUT2D eigenvalue weighted by molar-refractivity contribution is 5.78. The summed E-state index contributed by atoms with van der Waals surface area (Å²) in [5.74, 6) is 0.904. The smallest absolute Gasteiger partial charge is 0.151 e. The number of aromatic amines is 2. The number of hydrogen-bond acceptors (Lipinski definition) is 7. The molecular formula is C42H45F2N9. The van der Waals surface area contributed by atoms with Crippen molar-refractivity contribution in [1.82, 2.24) is 30.6 Å². The number of benzene rings is 4. The van der Waals surface area contributed by atoms with Gasteiger partial charge >= 0.3 is 0 Å². The second kappa shape index (κ2) is 13.4. The SMILES string of the molecule is Fc1cc(N2[C@@H](c3ccc4nc([C@@H]5CCCN5)[nH]c4c3)CC[C@H]2c2ccc3nc([C@@H]4CCCN4)[nH]c3c2)cc(F)c1N1CCN(c2ccccc2)CC1. The molecule has 0 unspecified atom stereocenters. The molecule has 272 valence electrons. The number of H-pyrrole nitrogens is 2. The van der Waals surface area contributed by atoms with Crippen LogP contribution >= 0.6 is 0 Å². The highest BCUT2D eigenvalue weighted by atomic mass is 19.1. The first-order chi connectivity index (χ1) is 26.1. The Labute approximate surface area is 307 Å². The molecule has 6 aromatic rings. The second-order valence-corrected chi connectivity index (χ2v) is 15.2. The van der Waals surface area contributed by atoms with E-state index in [-0.39, 0.29) is 29.9 Å². The van der Waals surface area contributed by atoms with Gasteiger partial charge in [-0.15, -0.1) is 0 Å². The summed E-state index contributed by atoms with van der Waals surface area (Å²) in [5.41, 5.74) is 7.81. The molecule has 0 spiro atoms. The molecule has 2 aromatic heterocycles. The molecule has 9 nitrogen and oxygen atoms in total. The molecule has 0 radical (unpaired) electrons. The zero-order valence-corrected chi connectivity index (χ0v) is 29.8. The minimum Gasteiger partial charge on any atom is -0.368 e. The first kappa shape index (κ1) is 32.6. The Bertz CT molecular complexity index is 2120. The zero-order valence-electron chi connectivity index (χ0n) is 29.8. The van der Waals surface area contributed by atoms with Crippen LogP contribution in [0.1, 0.15) is 85.5 Å². The highest BCUT2D eigenvalue weighted by Crippen LogP contribution is 2.48. The number of fused-ring (bicyclic) bond motifs is 2. The van der Waals surface area contributed by atoms with Crippen LogP contribution in [-0.2, 0) is 0 Å². The molecule has 4 aliphatic heterocycles. The normalized spacial score (nSPS) is 23.6. The number of para-hydroxylation sites is 1. The van der Waals surface area contributed by atoms with Crippen LogP contribution in [0.4, 0.5) is 25.8 Å². The number of aromatic nitrogens is 4. The standard InChI is InChI=1S/C42H45F2N9/c43-30-24-29(25-31(44)40(30)52-20-18-51(19-21-52)28-6-2-1-3-7-28)53-38(26-10-12-32-36(22-26)49-41(47-32)34-8-4-16-45-34)14-15-39(53)27-11-13-33-37(23-27)50-42(48-33)35-9-5-17-46-35/h1-3,6-7,10-13,22-25,34-35,38-39,45-46H,4-5,8-9,14-21H2,(H,47,49)(H,48,50)/t34-,35-,38-,39+/m0/s1. The van der Waals surface area contributed by atoms with Crippen LogP contribution in [-0.4, -0.2) is 59.2 Å². The van der Waals surface area contributed by atoms with Gasteiger partial charge in [-0.25, -0.2) is 18.7 Å². The summed E-state index contributed by atoms with van der Waals surface area (Å²) in [6.07, 6.45) is 6.10. The number of hydrogen-bond donors (Lipinski definition) is 4. The lowest BCUT2D eigenvalue weighted by atomic mass is 10.0. The molecule has 6 heterocycles. The third-order valence-electron chi connectivity index (χ3n) is 12.0. The maximum atomic E-state index is 16.4. The van der Waals surface area contributed by atoms with E-state index in [0.29, 0.717) is 31.9 Å². The van der Waals surface area contributed by atoms with Crippen molar-refractivity contribution in [1.29, 1.82) is 0 Å². The lowest BCUT2D eigenvalue weighted by Crippen LogP contribution is -2.47. The monoisotopic (exact) mass is 713 g/mol. The third kappa shape index (κ3) is 5.99. The molecule has 4 atom stereocenters. The van der Waals surface area contributed by atoms with Crippen molar-refractivity contribution >= 4 is 39.1 Å². The van der Waals surface area contributed by atoms with Gasteiger partial charge in [0.05, 0.1) is 46.2 Å². The van der Waals surface area contributed by atoms with Crippen molar-refractivity contribution in [3.05, 3.63) is 113 Å².